The smallest absolute Gasteiger partial charge is 0.423 e. The zero-order valence-corrected chi connectivity index (χ0v) is 13.5. The maximum atomic E-state index is 12.6. The van der Waals surface area contributed by atoms with Crippen molar-refractivity contribution in [2.45, 2.75) is 17.9 Å². The number of fused-ring (bicyclic) bond motifs is 1. The molecule has 0 aromatic heterocycles. The van der Waals surface area contributed by atoms with Gasteiger partial charge in [-0.05, 0) is 46.9 Å². The van der Waals surface area contributed by atoms with E-state index in [1.807, 2.05) is 0 Å². The van der Waals surface area contributed by atoms with Crippen LogP contribution in [0.1, 0.15) is 11.1 Å². The summed E-state index contributed by atoms with van der Waals surface area (Å²) in [6.45, 7) is 0.348. The molecule has 0 saturated carbocycles. The van der Waals surface area contributed by atoms with E-state index < -0.39 is 24.0 Å². The first kappa shape index (κ1) is 16.5. The first-order chi connectivity index (χ1) is 11.4. The van der Waals surface area contributed by atoms with Crippen LogP contribution in [0, 0.1) is 0 Å². The number of hydrogen-bond donors (Lipinski definition) is 4. The van der Waals surface area contributed by atoms with E-state index in [2.05, 4.69) is 4.72 Å². The van der Waals surface area contributed by atoms with Gasteiger partial charge in [-0.25, -0.2) is 4.21 Å². The Kier molecular flexibility index (Phi) is 4.56. The van der Waals surface area contributed by atoms with Gasteiger partial charge in [0.2, 0.25) is 5.91 Å². The average Bonchev–Trinajstić information content (AvgIpc) is 2.88. The summed E-state index contributed by atoms with van der Waals surface area (Å²) in [4.78, 5) is 11.6. The van der Waals surface area contributed by atoms with Crippen molar-refractivity contribution in [3.63, 3.8) is 0 Å². The molecular formula is C15H16BN3O4S. The van der Waals surface area contributed by atoms with Crippen molar-refractivity contribution in [2.75, 3.05) is 10.5 Å². The van der Waals surface area contributed by atoms with Crippen LogP contribution >= 0.6 is 0 Å². The summed E-state index contributed by atoms with van der Waals surface area (Å²) >= 11 is 0. The van der Waals surface area contributed by atoms with Gasteiger partial charge in [0.1, 0.15) is 0 Å². The molecule has 0 fully saturated rings. The fourth-order valence-electron chi connectivity index (χ4n) is 2.55. The fraction of sp³-hybridized carbons (Fsp3) is 0.133. The van der Waals surface area contributed by atoms with Crippen molar-refractivity contribution in [3.05, 3.63) is 47.5 Å². The number of carbonyl (C=O) groups is 1. The SMILES string of the molecule is NC(=O)Cc1cc(N)ccc1S(=O)Nc1ccc2c(c1)B(O)OC2. The van der Waals surface area contributed by atoms with Gasteiger partial charge in [0, 0.05) is 11.4 Å². The number of benzene rings is 2. The minimum atomic E-state index is -1.61. The Hall–Kier alpha value is -2.36. The van der Waals surface area contributed by atoms with E-state index in [-0.39, 0.29) is 6.42 Å². The third kappa shape index (κ3) is 3.43. The predicted octanol–water partition coefficient (Wildman–Crippen LogP) is -0.351. The molecule has 9 heteroatoms. The molecule has 1 atom stereocenters. The van der Waals surface area contributed by atoms with Gasteiger partial charge in [0.05, 0.1) is 17.9 Å². The van der Waals surface area contributed by atoms with Gasteiger partial charge < -0.3 is 25.9 Å². The summed E-state index contributed by atoms with van der Waals surface area (Å²) < 4.78 is 20.6. The van der Waals surface area contributed by atoms with Crippen LogP contribution in [0.5, 0.6) is 0 Å². The second-order valence-electron chi connectivity index (χ2n) is 5.46. The van der Waals surface area contributed by atoms with Gasteiger partial charge >= 0.3 is 7.12 Å². The lowest BCUT2D eigenvalue weighted by Crippen LogP contribution is -2.28. The Morgan fingerprint density at radius 3 is 2.88 bits per heavy atom. The van der Waals surface area contributed by atoms with Crippen molar-refractivity contribution in [1.82, 2.24) is 0 Å². The second kappa shape index (κ2) is 6.64. The third-order valence-corrected chi connectivity index (χ3v) is 4.89. The average molecular weight is 345 g/mol. The Morgan fingerprint density at radius 2 is 2.12 bits per heavy atom. The number of carbonyl (C=O) groups excluding carboxylic acids is 1. The maximum Gasteiger partial charge on any atom is 0.491 e. The van der Waals surface area contributed by atoms with E-state index in [1.54, 1.807) is 36.4 Å². The molecule has 2 aromatic carbocycles. The van der Waals surface area contributed by atoms with Crippen molar-refractivity contribution in [3.8, 4) is 0 Å². The van der Waals surface area contributed by atoms with Crippen molar-refractivity contribution < 1.29 is 18.7 Å². The standard InChI is InChI=1S/C15H16BN3O4S/c17-11-2-4-14(10(5-11)6-15(18)20)24(22)19-12-3-1-9-8-23-16(21)13(9)7-12/h1-5,7,19,21H,6,8,17H2,(H2,18,20). The minimum Gasteiger partial charge on any atom is -0.423 e. The second-order valence-corrected chi connectivity index (χ2v) is 6.64. The Bertz CT molecular complexity index is 830. The van der Waals surface area contributed by atoms with Crippen molar-refractivity contribution >= 4 is 40.8 Å². The summed E-state index contributed by atoms with van der Waals surface area (Å²) in [6.07, 6.45) is -0.0511. The van der Waals surface area contributed by atoms with Crippen molar-refractivity contribution in [1.29, 1.82) is 0 Å². The van der Waals surface area contributed by atoms with Crippen LogP contribution in [0.15, 0.2) is 41.3 Å². The molecule has 1 aliphatic heterocycles. The number of amides is 1. The van der Waals surface area contributed by atoms with Crippen LogP contribution in [0.2, 0.25) is 0 Å². The molecule has 124 valence electrons. The fourth-order valence-corrected chi connectivity index (χ4v) is 3.56. The number of nitrogens with two attached hydrogens (primary N) is 2. The van der Waals surface area contributed by atoms with Crippen LogP contribution < -0.4 is 21.7 Å². The highest BCUT2D eigenvalue weighted by Gasteiger charge is 2.27. The lowest BCUT2D eigenvalue weighted by atomic mass is 9.79. The largest absolute Gasteiger partial charge is 0.491 e. The highest BCUT2D eigenvalue weighted by Crippen LogP contribution is 2.21. The molecule has 0 bridgehead atoms. The lowest BCUT2D eigenvalue weighted by Gasteiger charge is -2.12. The monoisotopic (exact) mass is 345 g/mol. The van der Waals surface area contributed by atoms with Gasteiger partial charge in [-0.3, -0.25) is 4.79 Å². The number of rotatable bonds is 5. The summed E-state index contributed by atoms with van der Waals surface area (Å²) in [5, 5.41) is 9.74. The van der Waals surface area contributed by atoms with E-state index in [0.29, 0.717) is 33.9 Å². The molecule has 0 spiro atoms. The zero-order valence-electron chi connectivity index (χ0n) is 12.7. The molecule has 7 nitrogen and oxygen atoms in total. The summed E-state index contributed by atoms with van der Waals surface area (Å²) in [7, 11) is -2.59. The van der Waals surface area contributed by atoms with Gasteiger partial charge in [0.15, 0.2) is 11.0 Å². The van der Waals surface area contributed by atoms with Crippen LogP contribution in [0.25, 0.3) is 0 Å². The van der Waals surface area contributed by atoms with Crippen LogP contribution in [-0.4, -0.2) is 22.3 Å². The summed E-state index contributed by atoms with van der Waals surface area (Å²) in [5.41, 5.74) is 14.0. The highest BCUT2D eigenvalue weighted by atomic mass is 32.2. The van der Waals surface area contributed by atoms with Crippen LogP contribution in [0.3, 0.4) is 0 Å². The van der Waals surface area contributed by atoms with E-state index in [4.69, 9.17) is 16.1 Å². The van der Waals surface area contributed by atoms with Crippen LogP contribution in [0.4, 0.5) is 11.4 Å². The first-order valence-electron chi connectivity index (χ1n) is 7.21. The predicted molar refractivity (Wildman–Crippen MR) is 92.6 cm³/mol. The number of nitrogens with one attached hydrogen (secondary N) is 1. The topological polar surface area (TPSA) is 128 Å². The van der Waals surface area contributed by atoms with Crippen LogP contribution in [-0.2, 0) is 33.5 Å². The molecular weight excluding hydrogens is 329 g/mol. The molecule has 0 radical (unpaired) electrons. The number of hydrogen-bond acceptors (Lipinski definition) is 5. The molecule has 1 aliphatic rings. The summed E-state index contributed by atoms with van der Waals surface area (Å²) in [5.74, 6) is -0.531. The van der Waals surface area contributed by atoms with Gasteiger partial charge in [-0.15, -0.1) is 0 Å². The molecule has 6 N–H and O–H groups in total. The van der Waals surface area contributed by atoms with Gasteiger partial charge in [-0.1, -0.05) is 6.07 Å². The van der Waals surface area contributed by atoms with Gasteiger partial charge in [-0.2, -0.15) is 0 Å². The normalized spacial score (nSPS) is 14.3. The number of primary amides is 1. The Morgan fingerprint density at radius 1 is 1.33 bits per heavy atom. The lowest BCUT2D eigenvalue weighted by molar-refractivity contribution is -0.117. The van der Waals surface area contributed by atoms with Crippen molar-refractivity contribution in [2.24, 2.45) is 5.73 Å². The van der Waals surface area contributed by atoms with Gasteiger partial charge in [0.25, 0.3) is 0 Å². The molecule has 1 unspecified atom stereocenters. The van der Waals surface area contributed by atoms with E-state index in [9.17, 15) is 14.0 Å². The Balaban J connectivity index is 1.85. The maximum absolute atomic E-state index is 12.6. The number of nitrogen functional groups attached to an aromatic ring is 1. The molecule has 0 aliphatic carbocycles. The Labute approximate surface area is 141 Å². The minimum absolute atomic E-state index is 0.0511. The molecule has 3 rings (SSSR count). The highest BCUT2D eigenvalue weighted by molar-refractivity contribution is 7.86. The van der Waals surface area contributed by atoms with E-state index in [1.165, 1.54) is 0 Å². The molecule has 24 heavy (non-hydrogen) atoms. The van der Waals surface area contributed by atoms with E-state index >= 15 is 0 Å². The third-order valence-electron chi connectivity index (χ3n) is 3.67. The van der Waals surface area contributed by atoms with E-state index in [0.717, 1.165) is 5.56 Å². The number of anilines is 2. The quantitative estimate of drug-likeness (QED) is 0.435. The molecule has 0 saturated heterocycles. The first-order valence-corrected chi connectivity index (χ1v) is 8.36. The zero-order chi connectivity index (χ0) is 17.3. The molecule has 2 aromatic rings. The summed E-state index contributed by atoms with van der Waals surface area (Å²) in [6, 6.07) is 10.0. The molecule has 1 amide bonds. The molecule has 1 heterocycles.